The standard InChI is InChI=1S/C18H18ClN5O2/c1-25-15-8-7-12(9-16(15)26-2)10-20-17-11-21-24-18(23-17)22-14-6-4-3-5-13(14)19/h3-9,11H,10H2,1-2H3,(H2,20,22,23,24). The lowest BCUT2D eigenvalue weighted by Crippen LogP contribution is -2.06. The van der Waals surface area contributed by atoms with E-state index in [0.29, 0.717) is 40.5 Å². The number of anilines is 3. The smallest absolute Gasteiger partial charge is 0.249 e. The summed E-state index contributed by atoms with van der Waals surface area (Å²) in [6, 6.07) is 13.1. The summed E-state index contributed by atoms with van der Waals surface area (Å²) in [7, 11) is 3.21. The molecule has 3 aromatic rings. The molecule has 0 bridgehead atoms. The Hall–Kier alpha value is -3.06. The first-order chi connectivity index (χ1) is 12.7. The zero-order valence-corrected chi connectivity index (χ0v) is 15.1. The lowest BCUT2D eigenvalue weighted by molar-refractivity contribution is 0.354. The van der Waals surface area contributed by atoms with Crippen LogP contribution in [0.3, 0.4) is 0 Å². The first kappa shape index (κ1) is 17.8. The highest BCUT2D eigenvalue weighted by Crippen LogP contribution is 2.28. The van der Waals surface area contributed by atoms with E-state index in [1.165, 1.54) is 0 Å². The van der Waals surface area contributed by atoms with Gasteiger partial charge in [-0.2, -0.15) is 10.1 Å². The summed E-state index contributed by atoms with van der Waals surface area (Å²) < 4.78 is 10.6. The van der Waals surface area contributed by atoms with Crippen molar-refractivity contribution in [1.29, 1.82) is 0 Å². The van der Waals surface area contributed by atoms with E-state index in [0.717, 1.165) is 5.56 Å². The average molecular weight is 372 g/mol. The fraction of sp³-hybridized carbons (Fsp3) is 0.167. The number of hydrogen-bond acceptors (Lipinski definition) is 7. The summed E-state index contributed by atoms with van der Waals surface area (Å²) in [5.74, 6) is 2.31. The SMILES string of the molecule is COc1ccc(CNc2cnnc(Nc3ccccc3Cl)n2)cc1OC. The van der Waals surface area contributed by atoms with Crippen LogP contribution >= 0.6 is 11.6 Å². The first-order valence-electron chi connectivity index (χ1n) is 7.85. The van der Waals surface area contributed by atoms with Crippen molar-refractivity contribution in [2.24, 2.45) is 0 Å². The zero-order chi connectivity index (χ0) is 18.4. The zero-order valence-electron chi connectivity index (χ0n) is 14.4. The lowest BCUT2D eigenvalue weighted by atomic mass is 10.2. The van der Waals surface area contributed by atoms with Crippen LogP contribution < -0.4 is 20.1 Å². The fourth-order valence-corrected chi connectivity index (χ4v) is 2.49. The van der Waals surface area contributed by atoms with Crippen LogP contribution in [-0.4, -0.2) is 29.4 Å². The average Bonchev–Trinajstić information content (AvgIpc) is 2.68. The molecule has 0 saturated carbocycles. The molecule has 0 aliphatic carbocycles. The second-order valence-electron chi connectivity index (χ2n) is 5.31. The predicted molar refractivity (Wildman–Crippen MR) is 101 cm³/mol. The quantitative estimate of drug-likeness (QED) is 0.651. The molecule has 2 aromatic carbocycles. The lowest BCUT2D eigenvalue weighted by Gasteiger charge is -2.11. The Balaban J connectivity index is 1.68. The number of aromatic nitrogens is 3. The summed E-state index contributed by atoms with van der Waals surface area (Å²) in [4.78, 5) is 4.39. The van der Waals surface area contributed by atoms with Gasteiger partial charge in [-0.15, -0.1) is 5.10 Å². The van der Waals surface area contributed by atoms with Crippen LogP contribution in [0.2, 0.25) is 5.02 Å². The Kier molecular flexibility index (Phi) is 5.70. The molecule has 0 radical (unpaired) electrons. The fourth-order valence-electron chi connectivity index (χ4n) is 2.31. The molecule has 0 aliphatic rings. The molecule has 0 unspecified atom stereocenters. The van der Waals surface area contributed by atoms with Crippen molar-refractivity contribution in [2.75, 3.05) is 24.9 Å². The number of para-hydroxylation sites is 1. The van der Waals surface area contributed by atoms with Crippen molar-refractivity contribution < 1.29 is 9.47 Å². The highest BCUT2D eigenvalue weighted by molar-refractivity contribution is 6.33. The molecule has 134 valence electrons. The number of ether oxygens (including phenoxy) is 2. The van der Waals surface area contributed by atoms with Gasteiger partial charge in [-0.05, 0) is 29.8 Å². The number of hydrogen-bond donors (Lipinski definition) is 2. The maximum atomic E-state index is 6.13. The van der Waals surface area contributed by atoms with Gasteiger partial charge in [0.25, 0.3) is 0 Å². The van der Waals surface area contributed by atoms with Gasteiger partial charge >= 0.3 is 0 Å². The van der Waals surface area contributed by atoms with E-state index in [1.54, 1.807) is 26.5 Å². The molecule has 26 heavy (non-hydrogen) atoms. The molecule has 1 heterocycles. The maximum absolute atomic E-state index is 6.13. The monoisotopic (exact) mass is 371 g/mol. The summed E-state index contributed by atoms with van der Waals surface area (Å²) in [6.45, 7) is 0.546. The van der Waals surface area contributed by atoms with Crippen LogP contribution in [0.15, 0.2) is 48.7 Å². The van der Waals surface area contributed by atoms with E-state index in [-0.39, 0.29) is 0 Å². The van der Waals surface area contributed by atoms with Gasteiger partial charge in [-0.25, -0.2) is 0 Å². The molecule has 8 heteroatoms. The van der Waals surface area contributed by atoms with Gasteiger partial charge in [0, 0.05) is 6.54 Å². The summed E-state index contributed by atoms with van der Waals surface area (Å²) in [5.41, 5.74) is 1.73. The molecule has 7 nitrogen and oxygen atoms in total. The van der Waals surface area contributed by atoms with Gasteiger partial charge in [0.05, 0.1) is 31.1 Å². The van der Waals surface area contributed by atoms with E-state index >= 15 is 0 Å². The minimum atomic E-state index is 0.357. The first-order valence-corrected chi connectivity index (χ1v) is 8.23. The highest BCUT2D eigenvalue weighted by atomic mass is 35.5. The van der Waals surface area contributed by atoms with E-state index in [2.05, 4.69) is 25.8 Å². The molecular formula is C18H18ClN5O2. The van der Waals surface area contributed by atoms with Crippen molar-refractivity contribution in [3.63, 3.8) is 0 Å². The Labute approximate surface area is 156 Å². The normalized spacial score (nSPS) is 10.3. The van der Waals surface area contributed by atoms with Crippen molar-refractivity contribution >= 4 is 29.1 Å². The number of methoxy groups -OCH3 is 2. The van der Waals surface area contributed by atoms with Gasteiger partial charge in [0.2, 0.25) is 5.95 Å². The Bertz CT molecular complexity index is 891. The van der Waals surface area contributed by atoms with Crippen LogP contribution in [0.5, 0.6) is 11.5 Å². The third kappa shape index (κ3) is 4.31. The Morgan fingerprint density at radius 3 is 2.62 bits per heavy atom. The summed E-state index contributed by atoms with van der Waals surface area (Å²) in [6.07, 6.45) is 1.55. The molecule has 1 aromatic heterocycles. The van der Waals surface area contributed by atoms with Gasteiger partial charge in [0.15, 0.2) is 17.3 Å². The van der Waals surface area contributed by atoms with E-state index in [9.17, 15) is 0 Å². The van der Waals surface area contributed by atoms with Crippen LogP contribution in [0.25, 0.3) is 0 Å². The molecular weight excluding hydrogens is 354 g/mol. The second kappa shape index (κ2) is 8.35. The molecule has 0 amide bonds. The third-order valence-corrected chi connectivity index (χ3v) is 3.93. The molecule has 0 fully saturated rings. The topological polar surface area (TPSA) is 81.2 Å². The van der Waals surface area contributed by atoms with Gasteiger partial charge in [0.1, 0.15) is 0 Å². The Morgan fingerprint density at radius 2 is 1.85 bits per heavy atom. The highest BCUT2D eigenvalue weighted by Gasteiger charge is 2.06. The molecule has 2 N–H and O–H groups in total. The minimum absolute atomic E-state index is 0.357. The second-order valence-corrected chi connectivity index (χ2v) is 5.72. The van der Waals surface area contributed by atoms with Crippen LogP contribution in [0.4, 0.5) is 17.5 Å². The van der Waals surface area contributed by atoms with Gasteiger partial charge in [-0.1, -0.05) is 29.8 Å². The number of benzene rings is 2. The van der Waals surface area contributed by atoms with Crippen LogP contribution in [0, 0.1) is 0 Å². The van der Waals surface area contributed by atoms with E-state index in [1.807, 2.05) is 36.4 Å². The maximum Gasteiger partial charge on any atom is 0.249 e. The molecule has 3 rings (SSSR count). The number of nitrogens with zero attached hydrogens (tertiary/aromatic N) is 3. The molecule has 0 aliphatic heterocycles. The summed E-state index contributed by atoms with van der Waals surface area (Å²) in [5, 5.41) is 14.8. The minimum Gasteiger partial charge on any atom is -0.493 e. The van der Waals surface area contributed by atoms with Crippen molar-refractivity contribution in [2.45, 2.75) is 6.54 Å². The largest absolute Gasteiger partial charge is 0.493 e. The van der Waals surface area contributed by atoms with Gasteiger partial charge < -0.3 is 20.1 Å². The van der Waals surface area contributed by atoms with Crippen LogP contribution in [-0.2, 0) is 6.54 Å². The molecule has 0 saturated heterocycles. The van der Waals surface area contributed by atoms with Gasteiger partial charge in [-0.3, -0.25) is 0 Å². The summed E-state index contributed by atoms with van der Waals surface area (Å²) >= 11 is 6.13. The number of halogens is 1. The van der Waals surface area contributed by atoms with Crippen molar-refractivity contribution in [1.82, 2.24) is 15.2 Å². The van der Waals surface area contributed by atoms with Crippen molar-refractivity contribution in [3.05, 3.63) is 59.2 Å². The number of nitrogens with one attached hydrogen (secondary N) is 2. The third-order valence-electron chi connectivity index (χ3n) is 3.60. The van der Waals surface area contributed by atoms with Crippen molar-refractivity contribution in [3.8, 4) is 11.5 Å². The van der Waals surface area contributed by atoms with E-state index < -0.39 is 0 Å². The Morgan fingerprint density at radius 1 is 1.04 bits per heavy atom. The number of rotatable bonds is 7. The predicted octanol–water partition coefficient (Wildman–Crippen LogP) is 3.90. The van der Waals surface area contributed by atoms with E-state index in [4.69, 9.17) is 21.1 Å². The molecule has 0 atom stereocenters. The molecule has 0 spiro atoms. The van der Waals surface area contributed by atoms with Crippen LogP contribution in [0.1, 0.15) is 5.56 Å².